The van der Waals surface area contributed by atoms with Gasteiger partial charge in [-0.05, 0) is 13.3 Å². The summed E-state index contributed by atoms with van der Waals surface area (Å²) < 4.78 is 34.9. The molecule has 0 aromatic heterocycles. The Bertz CT molecular complexity index is 121. The second kappa shape index (κ2) is 2.42. The number of halogens is 3. The van der Waals surface area contributed by atoms with Crippen molar-refractivity contribution < 1.29 is 13.2 Å². The molecule has 1 unspecified atom stereocenters. The van der Waals surface area contributed by atoms with Crippen LogP contribution in [0.15, 0.2) is 0 Å². The summed E-state index contributed by atoms with van der Waals surface area (Å²) in [6.07, 6.45) is -2.19. The highest BCUT2D eigenvalue weighted by atomic mass is 19.4. The van der Waals surface area contributed by atoms with Crippen LogP contribution in [0.5, 0.6) is 0 Å². The van der Waals surface area contributed by atoms with Gasteiger partial charge in [0.15, 0.2) is 0 Å². The first kappa shape index (κ1) is 7.85. The zero-order valence-corrected chi connectivity index (χ0v) is 5.65. The lowest BCUT2D eigenvalue weighted by Gasteiger charge is -2.38. The smallest absolute Gasteiger partial charge is 0.292 e. The molecule has 1 rings (SSSR count). The molecule has 0 amide bonds. The molecule has 1 fully saturated rings. The Morgan fingerprint density at radius 3 is 2.30 bits per heavy atom. The summed E-state index contributed by atoms with van der Waals surface area (Å²) in [4.78, 5) is 1.38. The maximum atomic E-state index is 11.6. The first-order chi connectivity index (χ1) is 4.49. The lowest BCUT2D eigenvalue weighted by Crippen LogP contribution is -2.50. The number of nitrogens with zero attached hydrogens (tertiary/aromatic N) is 1. The predicted molar refractivity (Wildman–Crippen MR) is 31.4 cm³/mol. The van der Waals surface area contributed by atoms with Gasteiger partial charge in [-0.1, -0.05) is 0 Å². The van der Waals surface area contributed by atoms with E-state index in [-0.39, 0.29) is 6.04 Å². The maximum absolute atomic E-state index is 11.6. The third-order valence-corrected chi connectivity index (χ3v) is 1.64. The van der Waals surface area contributed by atoms with E-state index in [0.29, 0.717) is 6.54 Å². The maximum Gasteiger partial charge on any atom is 0.401 e. The molecule has 59 valence electrons. The molecule has 1 radical (unpaired) electrons. The quantitative estimate of drug-likeness (QED) is 0.549. The van der Waals surface area contributed by atoms with E-state index in [2.05, 4.69) is 0 Å². The van der Waals surface area contributed by atoms with Crippen molar-refractivity contribution in [1.29, 1.82) is 0 Å². The Morgan fingerprint density at radius 2 is 2.20 bits per heavy atom. The van der Waals surface area contributed by atoms with Crippen molar-refractivity contribution in [3.63, 3.8) is 0 Å². The zero-order valence-electron chi connectivity index (χ0n) is 5.65. The zero-order chi connectivity index (χ0) is 7.78. The van der Waals surface area contributed by atoms with Gasteiger partial charge in [0.05, 0.1) is 6.54 Å². The molecule has 1 nitrogen and oxygen atoms in total. The highest BCUT2D eigenvalue weighted by Gasteiger charge is 2.36. The minimum atomic E-state index is -4.04. The van der Waals surface area contributed by atoms with Crippen LogP contribution in [-0.4, -0.2) is 30.2 Å². The highest BCUT2D eigenvalue weighted by Crippen LogP contribution is 2.23. The Morgan fingerprint density at radius 1 is 1.60 bits per heavy atom. The van der Waals surface area contributed by atoms with Gasteiger partial charge in [-0.3, -0.25) is 4.90 Å². The van der Waals surface area contributed by atoms with E-state index in [0.717, 1.165) is 0 Å². The Hall–Kier alpha value is -0.250. The van der Waals surface area contributed by atoms with Crippen LogP contribution >= 0.6 is 0 Å². The third kappa shape index (κ3) is 1.87. The van der Waals surface area contributed by atoms with E-state index < -0.39 is 12.7 Å². The number of hydrogen-bond acceptors (Lipinski definition) is 1. The fourth-order valence-corrected chi connectivity index (χ4v) is 0.904. The third-order valence-electron chi connectivity index (χ3n) is 1.64. The standard InChI is InChI=1S/C6H9F3N/c1-5-2-3-10(5)4-6(7,8)9/h2,5H,3-4H2,1H3. The highest BCUT2D eigenvalue weighted by molar-refractivity contribution is 4.96. The van der Waals surface area contributed by atoms with E-state index in [1.807, 2.05) is 6.42 Å². The van der Waals surface area contributed by atoms with Gasteiger partial charge < -0.3 is 0 Å². The molecule has 4 heteroatoms. The molecule has 0 bridgehead atoms. The average molecular weight is 152 g/mol. The first-order valence-corrected chi connectivity index (χ1v) is 3.13. The molecule has 1 aliphatic rings. The van der Waals surface area contributed by atoms with Crippen molar-refractivity contribution in [3.8, 4) is 0 Å². The number of alkyl halides is 3. The van der Waals surface area contributed by atoms with Gasteiger partial charge in [-0.2, -0.15) is 13.2 Å². The molecular weight excluding hydrogens is 143 g/mol. The fourth-order valence-electron chi connectivity index (χ4n) is 0.904. The second-order valence-electron chi connectivity index (χ2n) is 2.52. The summed E-state index contributed by atoms with van der Waals surface area (Å²) in [6.45, 7) is 1.46. The van der Waals surface area contributed by atoms with Gasteiger partial charge in [0.25, 0.3) is 0 Å². The molecule has 1 saturated heterocycles. The molecule has 0 aliphatic carbocycles. The normalized spacial score (nSPS) is 28.2. The largest absolute Gasteiger partial charge is 0.401 e. The van der Waals surface area contributed by atoms with Crippen molar-refractivity contribution >= 4 is 0 Å². The van der Waals surface area contributed by atoms with Crippen molar-refractivity contribution in [3.05, 3.63) is 6.42 Å². The second-order valence-corrected chi connectivity index (χ2v) is 2.52. The summed E-state index contributed by atoms with van der Waals surface area (Å²) in [7, 11) is 0. The Balaban J connectivity index is 2.26. The summed E-state index contributed by atoms with van der Waals surface area (Å²) >= 11 is 0. The lowest BCUT2D eigenvalue weighted by atomic mass is 10.1. The van der Waals surface area contributed by atoms with Crippen LogP contribution in [0.1, 0.15) is 6.92 Å². The molecule has 10 heavy (non-hydrogen) atoms. The van der Waals surface area contributed by atoms with Crippen molar-refractivity contribution in [1.82, 2.24) is 4.90 Å². The van der Waals surface area contributed by atoms with Crippen molar-refractivity contribution in [2.45, 2.75) is 19.1 Å². The SMILES string of the molecule is CC1[CH]CN1CC(F)(F)F. The van der Waals surface area contributed by atoms with Gasteiger partial charge in [-0.25, -0.2) is 0 Å². The molecule has 1 heterocycles. The van der Waals surface area contributed by atoms with E-state index in [1.165, 1.54) is 4.90 Å². The van der Waals surface area contributed by atoms with E-state index in [1.54, 1.807) is 6.92 Å². The molecule has 1 atom stereocenters. The predicted octanol–water partition coefficient (Wildman–Crippen LogP) is 1.46. The lowest BCUT2D eigenvalue weighted by molar-refractivity contribution is -0.154. The van der Waals surface area contributed by atoms with Crippen LogP contribution < -0.4 is 0 Å². The molecular formula is C6H9F3N. The molecule has 0 aromatic rings. The van der Waals surface area contributed by atoms with Crippen LogP contribution in [0.4, 0.5) is 13.2 Å². The molecule has 0 N–H and O–H groups in total. The van der Waals surface area contributed by atoms with E-state index in [4.69, 9.17) is 0 Å². The van der Waals surface area contributed by atoms with Crippen LogP contribution in [0.2, 0.25) is 0 Å². The number of likely N-dealkylation sites (tertiary alicyclic amines) is 1. The van der Waals surface area contributed by atoms with Gasteiger partial charge >= 0.3 is 6.18 Å². The van der Waals surface area contributed by atoms with Gasteiger partial charge in [0.2, 0.25) is 0 Å². The van der Waals surface area contributed by atoms with Crippen molar-refractivity contribution in [2.75, 3.05) is 13.1 Å². The Kier molecular flexibility index (Phi) is 1.90. The minimum Gasteiger partial charge on any atom is -0.292 e. The summed E-state index contributed by atoms with van der Waals surface area (Å²) in [5.74, 6) is 0. The fraction of sp³-hybridized carbons (Fsp3) is 0.833. The van der Waals surface area contributed by atoms with Gasteiger partial charge in [-0.15, -0.1) is 0 Å². The molecule has 0 spiro atoms. The van der Waals surface area contributed by atoms with Gasteiger partial charge in [0, 0.05) is 12.6 Å². The van der Waals surface area contributed by atoms with Crippen molar-refractivity contribution in [2.24, 2.45) is 0 Å². The average Bonchev–Trinajstić information content (AvgIpc) is 1.78. The summed E-state index contributed by atoms with van der Waals surface area (Å²) in [5.41, 5.74) is 0. The topological polar surface area (TPSA) is 3.24 Å². The van der Waals surface area contributed by atoms with Crippen LogP contribution in [0, 0.1) is 6.42 Å². The van der Waals surface area contributed by atoms with Crippen LogP contribution in [0.3, 0.4) is 0 Å². The van der Waals surface area contributed by atoms with Crippen LogP contribution in [0.25, 0.3) is 0 Å². The molecule has 0 saturated carbocycles. The summed E-state index contributed by atoms with van der Waals surface area (Å²) in [5, 5.41) is 0. The van der Waals surface area contributed by atoms with Gasteiger partial charge in [0.1, 0.15) is 0 Å². The monoisotopic (exact) mass is 152 g/mol. The molecule has 1 aliphatic heterocycles. The Labute approximate surface area is 57.8 Å². The summed E-state index contributed by atoms with van der Waals surface area (Å²) in [6, 6.07) is 0.00150. The number of rotatable bonds is 1. The number of hydrogen-bond donors (Lipinski definition) is 0. The van der Waals surface area contributed by atoms with E-state index in [9.17, 15) is 13.2 Å². The van der Waals surface area contributed by atoms with Crippen LogP contribution in [-0.2, 0) is 0 Å². The van der Waals surface area contributed by atoms with E-state index >= 15 is 0 Å². The first-order valence-electron chi connectivity index (χ1n) is 3.13. The minimum absolute atomic E-state index is 0.00150. The molecule has 0 aromatic carbocycles.